The summed E-state index contributed by atoms with van der Waals surface area (Å²) in [6, 6.07) is 8.75. The number of hydrogen-bond acceptors (Lipinski definition) is 4. The smallest absolute Gasteiger partial charge is 0.191 e. The van der Waals surface area contributed by atoms with Crippen LogP contribution in [0.1, 0.15) is 39.3 Å². The van der Waals surface area contributed by atoms with Gasteiger partial charge in [0.05, 0.1) is 24.1 Å². The molecule has 0 spiro atoms. The molecule has 1 saturated heterocycles. The first-order chi connectivity index (χ1) is 15.5. The van der Waals surface area contributed by atoms with E-state index in [1.54, 1.807) is 16.8 Å². The lowest BCUT2D eigenvalue weighted by atomic mass is 10.1. The van der Waals surface area contributed by atoms with Crippen molar-refractivity contribution in [3.63, 3.8) is 0 Å². The molecule has 7 nitrogen and oxygen atoms in total. The van der Waals surface area contributed by atoms with E-state index in [9.17, 15) is 4.39 Å². The number of ether oxygens (including phenoxy) is 1. The molecule has 2 heterocycles. The monoisotopic (exact) mass is 572 g/mol. The first kappa shape index (κ1) is 27.5. The second-order valence-electron chi connectivity index (χ2n) is 8.42. The summed E-state index contributed by atoms with van der Waals surface area (Å²) in [5.41, 5.74) is 1.81. The lowest BCUT2D eigenvalue weighted by molar-refractivity contribution is 0.0532. The maximum Gasteiger partial charge on any atom is 0.191 e. The average molecular weight is 573 g/mol. The van der Waals surface area contributed by atoms with Crippen LogP contribution in [0.4, 0.5) is 4.39 Å². The van der Waals surface area contributed by atoms with Gasteiger partial charge in [-0.3, -0.25) is 4.99 Å². The highest BCUT2D eigenvalue weighted by atomic mass is 127. The van der Waals surface area contributed by atoms with Crippen LogP contribution in [-0.2, 0) is 11.2 Å². The number of rotatable bonds is 10. The molecule has 0 amide bonds. The summed E-state index contributed by atoms with van der Waals surface area (Å²) in [7, 11) is 0. The number of piperidine rings is 1. The van der Waals surface area contributed by atoms with E-state index in [0.29, 0.717) is 18.7 Å². The molecule has 0 atom stereocenters. The lowest BCUT2D eigenvalue weighted by Gasteiger charge is -2.33. The molecule has 1 aliphatic rings. The summed E-state index contributed by atoms with van der Waals surface area (Å²) < 4.78 is 20.5. The van der Waals surface area contributed by atoms with Crippen molar-refractivity contribution in [1.82, 2.24) is 25.3 Å². The Morgan fingerprint density at radius 3 is 2.61 bits per heavy atom. The van der Waals surface area contributed by atoms with Gasteiger partial charge in [-0.2, -0.15) is 5.10 Å². The van der Waals surface area contributed by atoms with Gasteiger partial charge >= 0.3 is 0 Å². The fourth-order valence-electron chi connectivity index (χ4n) is 3.75. The Kier molecular flexibility index (Phi) is 12.1. The van der Waals surface area contributed by atoms with Crippen LogP contribution in [0.15, 0.2) is 41.5 Å². The van der Waals surface area contributed by atoms with Crippen molar-refractivity contribution in [2.75, 3.05) is 39.3 Å². The number of aliphatic imine (C=N–C) groups is 1. The molecule has 3 rings (SSSR count). The van der Waals surface area contributed by atoms with Crippen molar-refractivity contribution in [3.05, 3.63) is 48.0 Å². The molecule has 184 valence electrons. The second-order valence-corrected chi connectivity index (χ2v) is 8.42. The second kappa shape index (κ2) is 14.5. The molecule has 9 heteroatoms. The molecule has 1 aliphatic heterocycles. The quantitative estimate of drug-likeness (QED) is 0.259. The van der Waals surface area contributed by atoms with Crippen LogP contribution in [0.2, 0.25) is 0 Å². The number of guanidine groups is 1. The highest BCUT2D eigenvalue weighted by Gasteiger charge is 2.19. The Hall–Kier alpha value is -1.72. The van der Waals surface area contributed by atoms with E-state index < -0.39 is 0 Å². The molecule has 2 N–H and O–H groups in total. The van der Waals surface area contributed by atoms with Gasteiger partial charge < -0.3 is 20.3 Å². The molecule has 1 fully saturated rings. The predicted molar refractivity (Wildman–Crippen MR) is 142 cm³/mol. The highest BCUT2D eigenvalue weighted by Crippen LogP contribution is 2.11. The van der Waals surface area contributed by atoms with Gasteiger partial charge in [-0.05, 0) is 63.9 Å². The van der Waals surface area contributed by atoms with Gasteiger partial charge in [-0.25, -0.2) is 9.07 Å². The standard InChI is InChI=1S/C24H37FN6O.HI/c1-4-26-24(28-21-10-14-30(15-11-21)17-18-32-19(2)3)27-13-9-22-12-16-31(29-22)23-7-5-20(25)6-8-23;/h5-8,12,16,19,21H,4,9-11,13-15,17-18H2,1-3H3,(H2,26,27,28);1H. The molecule has 0 aliphatic carbocycles. The van der Waals surface area contributed by atoms with Crippen LogP contribution in [0.3, 0.4) is 0 Å². The predicted octanol–water partition coefficient (Wildman–Crippen LogP) is 3.62. The maximum atomic E-state index is 13.1. The van der Waals surface area contributed by atoms with E-state index in [2.05, 4.69) is 41.4 Å². The first-order valence-corrected chi connectivity index (χ1v) is 11.7. The lowest BCUT2D eigenvalue weighted by Crippen LogP contribution is -2.49. The van der Waals surface area contributed by atoms with Crippen LogP contribution < -0.4 is 10.6 Å². The zero-order valence-electron chi connectivity index (χ0n) is 20.0. The Labute approximate surface area is 214 Å². The summed E-state index contributed by atoms with van der Waals surface area (Å²) in [6.45, 7) is 11.7. The molecule has 0 saturated carbocycles. The molecular formula is C24H38FIN6O. The van der Waals surface area contributed by atoms with Crippen LogP contribution >= 0.6 is 24.0 Å². The molecule has 0 bridgehead atoms. The minimum absolute atomic E-state index is 0. The van der Waals surface area contributed by atoms with Gasteiger partial charge in [0.15, 0.2) is 5.96 Å². The Morgan fingerprint density at radius 1 is 1.21 bits per heavy atom. The fourth-order valence-corrected chi connectivity index (χ4v) is 3.75. The van der Waals surface area contributed by atoms with Crippen molar-refractivity contribution < 1.29 is 9.13 Å². The SMILES string of the molecule is CCNC(=NCCc1ccn(-c2ccc(F)cc2)n1)NC1CCN(CCOC(C)C)CC1.I. The van der Waals surface area contributed by atoms with Crippen molar-refractivity contribution in [2.45, 2.75) is 52.2 Å². The van der Waals surface area contributed by atoms with E-state index >= 15 is 0 Å². The van der Waals surface area contributed by atoms with Crippen molar-refractivity contribution >= 4 is 29.9 Å². The van der Waals surface area contributed by atoms with Gasteiger partial charge in [0.2, 0.25) is 0 Å². The average Bonchev–Trinajstić information content (AvgIpc) is 3.24. The van der Waals surface area contributed by atoms with Crippen LogP contribution in [0.5, 0.6) is 0 Å². The maximum absolute atomic E-state index is 13.1. The van der Waals surface area contributed by atoms with Gasteiger partial charge in [0.25, 0.3) is 0 Å². The molecular weight excluding hydrogens is 534 g/mol. The molecule has 1 aromatic carbocycles. The molecule has 0 radical (unpaired) electrons. The Bertz CT molecular complexity index is 834. The molecule has 2 aromatic rings. The number of aromatic nitrogens is 2. The number of benzene rings is 1. The minimum atomic E-state index is -0.246. The normalized spacial score (nSPS) is 15.5. The van der Waals surface area contributed by atoms with Crippen molar-refractivity contribution in [1.29, 1.82) is 0 Å². The summed E-state index contributed by atoms with van der Waals surface area (Å²) in [6.07, 6.45) is 5.15. The number of halogens is 2. The first-order valence-electron chi connectivity index (χ1n) is 11.7. The number of hydrogen-bond donors (Lipinski definition) is 2. The summed E-state index contributed by atoms with van der Waals surface area (Å²) in [5.74, 6) is 0.622. The fraction of sp³-hybridized carbons (Fsp3) is 0.583. The van der Waals surface area contributed by atoms with E-state index in [1.807, 2.05) is 12.3 Å². The van der Waals surface area contributed by atoms with Crippen LogP contribution in [0.25, 0.3) is 5.69 Å². The van der Waals surface area contributed by atoms with E-state index in [1.165, 1.54) is 12.1 Å². The molecule has 0 unspecified atom stereocenters. The third kappa shape index (κ3) is 9.58. The van der Waals surface area contributed by atoms with Gasteiger partial charge in [-0.1, -0.05) is 0 Å². The number of nitrogens with zero attached hydrogens (tertiary/aromatic N) is 4. The number of nitrogens with one attached hydrogen (secondary N) is 2. The van der Waals surface area contributed by atoms with E-state index in [-0.39, 0.29) is 29.8 Å². The van der Waals surface area contributed by atoms with Crippen LogP contribution in [-0.4, -0.2) is 72.1 Å². The zero-order chi connectivity index (χ0) is 22.8. The molecule has 1 aromatic heterocycles. The summed E-state index contributed by atoms with van der Waals surface area (Å²) in [5, 5.41) is 11.5. The third-order valence-electron chi connectivity index (χ3n) is 5.50. The zero-order valence-corrected chi connectivity index (χ0v) is 22.3. The highest BCUT2D eigenvalue weighted by molar-refractivity contribution is 14.0. The Morgan fingerprint density at radius 2 is 1.94 bits per heavy atom. The Balaban J connectivity index is 0.00000385. The van der Waals surface area contributed by atoms with Crippen LogP contribution in [0, 0.1) is 5.82 Å². The van der Waals surface area contributed by atoms with Crippen molar-refractivity contribution in [2.24, 2.45) is 4.99 Å². The molecule has 33 heavy (non-hydrogen) atoms. The summed E-state index contributed by atoms with van der Waals surface area (Å²) in [4.78, 5) is 7.22. The van der Waals surface area contributed by atoms with Gasteiger partial charge in [0, 0.05) is 51.4 Å². The largest absolute Gasteiger partial charge is 0.377 e. The van der Waals surface area contributed by atoms with Crippen molar-refractivity contribution in [3.8, 4) is 5.69 Å². The van der Waals surface area contributed by atoms with Gasteiger partial charge in [0.1, 0.15) is 5.82 Å². The third-order valence-corrected chi connectivity index (χ3v) is 5.50. The topological polar surface area (TPSA) is 66.7 Å². The van der Waals surface area contributed by atoms with Gasteiger partial charge in [-0.15, -0.1) is 24.0 Å². The van der Waals surface area contributed by atoms with E-state index in [4.69, 9.17) is 9.73 Å². The summed E-state index contributed by atoms with van der Waals surface area (Å²) >= 11 is 0. The van der Waals surface area contributed by atoms with E-state index in [0.717, 1.165) is 69.4 Å². The minimum Gasteiger partial charge on any atom is -0.377 e. The number of likely N-dealkylation sites (tertiary alicyclic amines) is 1.